The number of carbonyl (C=O) groups excluding carboxylic acids is 1. The third kappa shape index (κ3) is 6.18. The number of nitrogens with zero attached hydrogens (tertiary/aromatic N) is 1. The van der Waals surface area contributed by atoms with E-state index in [-0.39, 0.29) is 18.7 Å². The molecule has 0 heterocycles. The molecule has 1 saturated carbocycles. The number of likely N-dealkylation sites (N-methyl/N-ethyl adjacent to an activating group) is 1. The lowest BCUT2D eigenvalue weighted by molar-refractivity contribution is 0.101. The molecule has 0 aliphatic heterocycles. The van der Waals surface area contributed by atoms with Gasteiger partial charge in [-0.05, 0) is 43.6 Å². The molecule has 0 bridgehead atoms. The number of nitrogens with two attached hydrogens (primary N) is 1. The summed E-state index contributed by atoms with van der Waals surface area (Å²) in [7, 11) is 1.70. The maximum atomic E-state index is 13.1. The van der Waals surface area contributed by atoms with E-state index in [4.69, 9.17) is 10.5 Å². The number of alkyl halides is 1. The lowest BCUT2D eigenvalue weighted by atomic mass is 9.84. The predicted molar refractivity (Wildman–Crippen MR) is 88.7 cm³/mol. The van der Waals surface area contributed by atoms with Crippen LogP contribution in [0, 0.1) is 5.92 Å². The van der Waals surface area contributed by atoms with Crippen LogP contribution in [0.5, 0.6) is 0 Å². The second-order valence-corrected chi connectivity index (χ2v) is 6.53. The molecule has 1 amide bonds. The molecule has 0 spiro atoms. The fourth-order valence-electron chi connectivity index (χ4n) is 3.12. The summed E-state index contributed by atoms with van der Waals surface area (Å²) in [5.41, 5.74) is 7.10. The van der Waals surface area contributed by atoms with Gasteiger partial charge in [0.2, 0.25) is 0 Å². The molecule has 128 valence electrons. The molecule has 5 heteroatoms. The van der Waals surface area contributed by atoms with Crippen molar-refractivity contribution in [3.8, 4) is 0 Å². The highest BCUT2D eigenvalue weighted by Crippen LogP contribution is 2.29. The number of hydrogen-bond acceptors (Lipinski definition) is 3. The van der Waals surface area contributed by atoms with E-state index < -0.39 is 6.17 Å². The molecule has 1 aliphatic carbocycles. The van der Waals surface area contributed by atoms with E-state index in [1.807, 2.05) is 30.3 Å². The van der Waals surface area contributed by atoms with Crippen LogP contribution in [0.1, 0.15) is 37.7 Å². The van der Waals surface area contributed by atoms with Crippen molar-refractivity contribution < 1.29 is 13.9 Å². The highest BCUT2D eigenvalue weighted by Gasteiger charge is 2.23. The van der Waals surface area contributed by atoms with E-state index >= 15 is 0 Å². The van der Waals surface area contributed by atoms with Crippen molar-refractivity contribution >= 4 is 6.09 Å². The van der Waals surface area contributed by atoms with Crippen molar-refractivity contribution in [1.82, 2.24) is 4.90 Å². The van der Waals surface area contributed by atoms with Gasteiger partial charge in [-0.3, -0.25) is 0 Å². The molecule has 0 aromatic heterocycles. The normalized spacial score (nSPS) is 22.4. The number of halogens is 1. The Hall–Kier alpha value is -1.62. The summed E-state index contributed by atoms with van der Waals surface area (Å²) in [5.74, 6) is 0.478. The molecule has 1 aliphatic rings. The Morgan fingerprint density at radius 2 is 1.96 bits per heavy atom. The molecule has 0 unspecified atom stereocenters. The van der Waals surface area contributed by atoms with Gasteiger partial charge >= 0.3 is 6.09 Å². The van der Waals surface area contributed by atoms with Crippen molar-refractivity contribution in [2.75, 3.05) is 13.6 Å². The van der Waals surface area contributed by atoms with Crippen molar-refractivity contribution in [3.63, 3.8) is 0 Å². The summed E-state index contributed by atoms with van der Waals surface area (Å²) >= 11 is 0. The quantitative estimate of drug-likeness (QED) is 0.872. The van der Waals surface area contributed by atoms with E-state index in [1.54, 1.807) is 7.05 Å². The topological polar surface area (TPSA) is 55.6 Å². The summed E-state index contributed by atoms with van der Waals surface area (Å²) < 4.78 is 18.4. The molecular formula is C18H27FN2O2. The third-order valence-electron chi connectivity index (χ3n) is 4.44. The van der Waals surface area contributed by atoms with Gasteiger partial charge in [0.25, 0.3) is 0 Å². The van der Waals surface area contributed by atoms with Crippen molar-refractivity contribution in [3.05, 3.63) is 35.9 Å². The molecule has 1 aromatic rings. The first-order chi connectivity index (χ1) is 11.0. The van der Waals surface area contributed by atoms with Gasteiger partial charge in [0.1, 0.15) is 12.8 Å². The van der Waals surface area contributed by atoms with E-state index in [1.165, 1.54) is 4.90 Å². The van der Waals surface area contributed by atoms with Gasteiger partial charge in [0.15, 0.2) is 0 Å². The monoisotopic (exact) mass is 322 g/mol. The molecule has 23 heavy (non-hydrogen) atoms. The van der Waals surface area contributed by atoms with Crippen molar-refractivity contribution in [2.24, 2.45) is 11.7 Å². The van der Waals surface area contributed by atoms with Crippen LogP contribution in [0.15, 0.2) is 30.3 Å². The summed E-state index contributed by atoms with van der Waals surface area (Å²) in [6.45, 7) is 0.725. The fourth-order valence-corrected chi connectivity index (χ4v) is 3.12. The average Bonchev–Trinajstić information content (AvgIpc) is 2.55. The molecule has 2 rings (SSSR count). The molecule has 4 nitrogen and oxygen atoms in total. The third-order valence-corrected chi connectivity index (χ3v) is 4.44. The second kappa shape index (κ2) is 8.87. The number of ether oxygens (including phenoxy) is 1. The van der Waals surface area contributed by atoms with Crippen LogP contribution < -0.4 is 5.73 Å². The zero-order chi connectivity index (χ0) is 16.7. The number of rotatable bonds is 6. The largest absolute Gasteiger partial charge is 0.445 e. The van der Waals surface area contributed by atoms with E-state index in [2.05, 4.69) is 0 Å². The van der Waals surface area contributed by atoms with Crippen LogP contribution in [0.3, 0.4) is 0 Å². The molecule has 1 aromatic carbocycles. The Bertz CT molecular complexity index is 475. The number of carbonyl (C=O) groups is 1. The minimum atomic E-state index is -0.641. The lowest BCUT2D eigenvalue weighted by Crippen LogP contribution is -2.40. The van der Waals surface area contributed by atoms with Gasteiger partial charge in [-0.2, -0.15) is 0 Å². The molecular weight excluding hydrogens is 295 g/mol. The summed E-state index contributed by atoms with van der Waals surface area (Å²) in [4.78, 5) is 13.5. The zero-order valence-electron chi connectivity index (χ0n) is 13.8. The second-order valence-electron chi connectivity index (χ2n) is 6.53. The Morgan fingerprint density at radius 3 is 2.61 bits per heavy atom. The molecule has 1 fully saturated rings. The first-order valence-corrected chi connectivity index (χ1v) is 8.36. The van der Waals surface area contributed by atoms with Gasteiger partial charge in [-0.1, -0.05) is 30.3 Å². The highest BCUT2D eigenvalue weighted by atomic mass is 19.1. The first-order valence-electron chi connectivity index (χ1n) is 8.36. The molecule has 0 saturated heterocycles. The van der Waals surface area contributed by atoms with Crippen LogP contribution in [-0.2, 0) is 11.3 Å². The predicted octanol–water partition coefficient (Wildman–Crippen LogP) is 3.50. The van der Waals surface area contributed by atoms with Crippen LogP contribution in [0.25, 0.3) is 0 Å². The van der Waals surface area contributed by atoms with E-state index in [0.717, 1.165) is 24.8 Å². The van der Waals surface area contributed by atoms with Gasteiger partial charge in [0, 0.05) is 19.6 Å². The Kier molecular flexibility index (Phi) is 6.84. The van der Waals surface area contributed by atoms with Gasteiger partial charge in [0.05, 0.1) is 0 Å². The van der Waals surface area contributed by atoms with Crippen LogP contribution in [-0.4, -0.2) is 36.8 Å². The maximum absolute atomic E-state index is 13.1. The standard InChI is InChI=1S/C18H27FN2O2/c1-21(18(22)23-13-15-5-3-2-4-6-15)12-17(20)11-14-7-9-16(19)10-8-14/h2-6,14,16-17H,7-13,20H2,1H3/t14-,16-,17-/m0/s1. The van der Waals surface area contributed by atoms with E-state index in [9.17, 15) is 9.18 Å². The SMILES string of the molecule is CN(C[C@@H](N)C[C@H]1CC[C@H](F)CC1)C(=O)OCc1ccccc1. The minimum Gasteiger partial charge on any atom is -0.445 e. The van der Waals surface area contributed by atoms with Crippen LogP contribution in [0.2, 0.25) is 0 Å². The van der Waals surface area contributed by atoms with Gasteiger partial charge < -0.3 is 15.4 Å². The smallest absolute Gasteiger partial charge is 0.409 e. The number of hydrogen-bond donors (Lipinski definition) is 1. The Balaban J connectivity index is 1.68. The lowest BCUT2D eigenvalue weighted by Gasteiger charge is -2.28. The summed E-state index contributed by atoms with van der Waals surface area (Å²) in [5, 5.41) is 0. The fraction of sp³-hybridized carbons (Fsp3) is 0.611. The summed E-state index contributed by atoms with van der Waals surface area (Å²) in [6, 6.07) is 9.49. The first kappa shape index (κ1) is 17.7. The molecule has 2 N–H and O–H groups in total. The minimum absolute atomic E-state index is 0.0922. The van der Waals surface area contributed by atoms with Gasteiger partial charge in [-0.25, -0.2) is 9.18 Å². The van der Waals surface area contributed by atoms with Gasteiger partial charge in [-0.15, -0.1) is 0 Å². The maximum Gasteiger partial charge on any atom is 0.409 e. The molecule has 0 radical (unpaired) electrons. The average molecular weight is 322 g/mol. The number of amides is 1. The van der Waals surface area contributed by atoms with Crippen molar-refractivity contribution in [1.29, 1.82) is 0 Å². The molecule has 1 atom stereocenters. The Labute approximate surface area is 137 Å². The Morgan fingerprint density at radius 1 is 1.30 bits per heavy atom. The van der Waals surface area contributed by atoms with E-state index in [0.29, 0.717) is 25.3 Å². The van der Waals surface area contributed by atoms with Crippen molar-refractivity contribution in [2.45, 2.75) is 50.9 Å². The van der Waals surface area contributed by atoms with Crippen LogP contribution >= 0.6 is 0 Å². The summed E-state index contributed by atoms with van der Waals surface area (Å²) in [6.07, 6.45) is 2.92. The number of benzene rings is 1. The highest BCUT2D eigenvalue weighted by molar-refractivity contribution is 5.67. The van der Waals surface area contributed by atoms with Crippen LogP contribution in [0.4, 0.5) is 9.18 Å². The zero-order valence-corrected chi connectivity index (χ0v) is 13.8.